The Morgan fingerprint density at radius 3 is 2.45 bits per heavy atom. The molecule has 0 spiro atoms. The minimum Gasteiger partial charge on any atom is -0.422 e. The lowest BCUT2D eigenvalue weighted by atomic mass is 10.0. The molecule has 0 aliphatic carbocycles. The highest BCUT2D eigenvalue weighted by Gasteiger charge is 2.18. The summed E-state index contributed by atoms with van der Waals surface area (Å²) in [6, 6.07) is 24.4. The third kappa shape index (κ3) is 6.15. The molecule has 1 heterocycles. The predicted molar refractivity (Wildman–Crippen MR) is 155 cm³/mol. The fourth-order valence-electron chi connectivity index (χ4n) is 3.64. The minimum absolute atomic E-state index is 0.124. The zero-order valence-corrected chi connectivity index (χ0v) is 22.6. The minimum atomic E-state index is -1.03. The maximum absolute atomic E-state index is 12.8. The molecule has 0 atom stereocenters. The van der Waals surface area contributed by atoms with Crippen LogP contribution in [-0.2, 0) is 9.59 Å². The number of rotatable bonds is 6. The summed E-state index contributed by atoms with van der Waals surface area (Å²) in [6.45, 7) is 0. The van der Waals surface area contributed by atoms with Crippen molar-refractivity contribution in [3.8, 4) is 16.3 Å². The van der Waals surface area contributed by atoms with Gasteiger partial charge >= 0.3 is 17.8 Å². The lowest BCUT2D eigenvalue weighted by Gasteiger charge is -2.11. The molecule has 1 aromatic heterocycles. The first-order valence-corrected chi connectivity index (χ1v) is 13.2. The molecule has 9 nitrogen and oxygen atoms in total. The van der Waals surface area contributed by atoms with E-state index < -0.39 is 17.8 Å². The van der Waals surface area contributed by atoms with Crippen LogP contribution in [0, 0.1) is 0 Å². The van der Waals surface area contributed by atoms with E-state index in [1.807, 2.05) is 42.5 Å². The Labute approximate surface area is 241 Å². The lowest BCUT2D eigenvalue weighted by molar-refractivity contribution is -0.136. The Kier molecular flexibility index (Phi) is 8.11. The Morgan fingerprint density at radius 2 is 1.65 bits per heavy atom. The highest BCUT2D eigenvalue weighted by Crippen LogP contribution is 2.29. The number of nitrogens with zero attached hydrogens (tertiary/aromatic N) is 3. The molecule has 0 aliphatic heterocycles. The van der Waals surface area contributed by atoms with Gasteiger partial charge in [-0.15, -0.1) is 10.2 Å². The quantitative estimate of drug-likeness (QED) is 0.0826. The molecule has 0 radical (unpaired) electrons. The van der Waals surface area contributed by atoms with Gasteiger partial charge in [0.1, 0.15) is 10.8 Å². The van der Waals surface area contributed by atoms with Gasteiger partial charge in [0, 0.05) is 16.1 Å². The van der Waals surface area contributed by atoms with Crippen molar-refractivity contribution in [2.45, 2.75) is 0 Å². The molecule has 5 rings (SSSR count). The Hall–Kier alpha value is -4.64. The van der Waals surface area contributed by atoms with E-state index >= 15 is 0 Å². The summed E-state index contributed by atoms with van der Waals surface area (Å²) in [5, 5.41) is 17.1. The van der Waals surface area contributed by atoms with E-state index in [0.29, 0.717) is 21.0 Å². The molecule has 0 saturated heterocycles. The van der Waals surface area contributed by atoms with Crippen LogP contribution in [0.2, 0.25) is 10.0 Å². The number of hydrazone groups is 1. The number of carbonyl (C=O) groups excluding carboxylic acids is 3. The summed E-state index contributed by atoms with van der Waals surface area (Å²) < 4.78 is 5.62. The van der Waals surface area contributed by atoms with Crippen molar-refractivity contribution in [2.75, 3.05) is 5.32 Å². The molecule has 40 heavy (non-hydrogen) atoms. The average molecular weight is 590 g/mol. The van der Waals surface area contributed by atoms with E-state index in [4.69, 9.17) is 27.9 Å². The number of hydrogen-bond acceptors (Lipinski definition) is 8. The maximum Gasteiger partial charge on any atom is 0.345 e. The van der Waals surface area contributed by atoms with Crippen molar-refractivity contribution in [1.29, 1.82) is 0 Å². The van der Waals surface area contributed by atoms with Crippen molar-refractivity contribution in [2.24, 2.45) is 5.10 Å². The number of hydrogen-bond donors (Lipinski definition) is 2. The highest BCUT2D eigenvalue weighted by atomic mass is 35.5. The number of anilines is 1. The van der Waals surface area contributed by atoms with Crippen LogP contribution in [-0.4, -0.2) is 34.2 Å². The summed E-state index contributed by atoms with van der Waals surface area (Å²) in [5.74, 6) is -2.55. The van der Waals surface area contributed by atoms with Crippen molar-refractivity contribution >= 4 is 74.4 Å². The molecule has 2 N–H and O–H groups in total. The first kappa shape index (κ1) is 26.9. The van der Waals surface area contributed by atoms with Gasteiger partial charge in [-0.25, -0.2) is 10.2 Å². The van der Waals surface area contributed by atoms with E-state index in [2.05, 4.69) is 26.0 Å². The Morgan fingerprint density at radius 1 is 0.875 bits per heavy atom. The Bertz CT molecular complexity index is 1780. The van der Waals surface area contributed by atoms with E-state index in [1.165, 1.54) is 24.4 Å². The number of nitrogens with one attached hydrogen (secondary N) is 2. The molecule has 0 aliphatic rings. The molecule has 198 valence electrons. The third-order valence-corrected chi connectivity index (χ3v) is 6.95. The normalized spacial score (nSPS) is 10.9. The fourth-order valence-corrected chi connectivity index (χ4v) is 4.87. The standard InChI is InChI=1S/C28H17Cl2N5O4S/c29-18-11-12-20(22(30)14-18)27(38)39-23-13-10-16-6-4-5-9-19(16)21(23)15-31-33-25(37)24(36)32-28-35-34-26(40-28)17-7-2-1-3-8-17/h1-15H,(H,33,37)(H,32,35,36). The molecule has 0 unspecified atom stereocenters. The topological polar surface area (TPSA) is 123 Å². The van der Waals surface area contributed by atoms with Crippen molar-refractivity contribution in [3.63, 3.8) is 0 Å². The first-order chi connectivity index (χ1) is 19.4. The number of benzene rings is 4. The molecule has 4 aromatic carbocycles. The summed E-state index contributed by atoms with van der Waals surface area (Å²) in [4.78, 5) is 37.6. The fraction of sp³-hybridized carbons (Fsp3) is 0. The van der Waals surface area contributed by atoms with Gasteiger partial charge in [-0.3, -0.25) is 14.9 Å². The van der Waals surface area contributed by atoms with Crippen LogP contribution in [0.5, 0.6) is 5.75 Å². The van der Waals surface area contributed by atoms with Gasteiger partial charge in [0.25, 0.3) is 0 Å². The number of ether oxygens (including phenoxy) is 1. The van der Waals surface area contributed by atoms with Crippen molar-refractivity contribution < 1.29 is 19.1 Å². The number of halogens is 2. The molecular weight excluding hydrogens is 573 g/mol. The molecule has 2 amide bonds. The zero-order chi connectivity index (χ0) is 28.1. The number of fused-ring (bicyclic) bond motifs is 1. The summed E-state index contributed by atoms with van der Waals surface area (Å²) in [7, 11) is 0. The second-order valence-corrected chi connectivity index (χ2v) is 9.96. The van der Waals surface area contributed by atoms with E-state index in [1.54, 1.807) is 24.3 Å². The van der Waals surface area contributed by atoms with Crippen LogP contribution in [0.3, 0.4) is 0 Å². The average Bonchev–Trinajstić information content (AvgIpc) is 3.42. The van der Waals surface area contributed by atoms with Crippen LogP contribution in [0.1, 0.15) is 15.9 Å². The monoisotopic (exact) mass is 589 g/mol. The van der Waals surface area contributed by atoms with Gasteiger partial charge in [0.15, 0.2) is 0 Å². The van der Waals surface area contributed by atoms with Gasteiger partial charge in [-0.2, -0.15) is 5.10 Å². The van der Waals surface area contributed by atoms with E-state index in [-0.39, 0.29) is 21.5 Å². The second kappa shape index (κ2) is 12.0. The van der Waals surface area contributed by atoms with Gasteiger partial charge < -0.3 is 4.74 Å². The summed E-state index contributed by atoms with van der Waals surface area (Å²) in [5.41, 5.74) is 3.53. The maximum atomic E-state index is 12.8. The van der Waals surface area contributed by atoms with Crippen LogP contribution in [0.15, 0.2) is 90.0 Å². The number of aromatic nitrogens is 2. The van der Waals surface area contributed by atoms with Gasteiger partial charge in [-0.05, 0) is 35.0 Å². The number of carbonyl (C=O) groups is 3. The van der Waals surface area contributed by atoms with E-state index in [9.17, 15) is 14.4 Å². The lowest BCUT2D eigenvalue weighted by Crippen LogP contribution is -2.32. The molecule has 0 bridgehead atoms. The van der Waals surface area contributed by atoms with Gasteiger partial charge in [0.2, 0.25) is 5.13 Å². The second-order valence-electron chi connectivity index (χ2n) is 8.14. The highest BCUT2D eigenvalue weighted by molar-refractivity contribution is 7.18. The van der Waals surface area contributed by atoms with Crippen molar-refractivity contribution in [3.05, 3.63) is 106 Å². The molecular formula is C28H17Cl2N5O4S. The summed E-state index contributed by atoms with van der Waals surface area (Å²) >= 11 is 13.2. The largest absolute Gasteiger partial charge is 0.422 e. The van der Waals surface area contributed by atoms with Crippen LogP contribution >= 0.6 is 34.5 Å². The van der Waals surface area contributed by atoms with Gasteiger partial charge in [-0.1, -0.05) is 95.2 Å². The Balaban J connectivity index is 1.31. The summed E-state index contributed by atoms with van der Waals surface area (Å²) in [6.07, 6.45) is 1.29. The van der Waals surface area contributed by atoms with Gasteiger partial charge in [0.05, 0.1) is 16.8 Å². The van der Waals surface area contributed by atoms with Crippen LogP contribution < -0.4 is 15.5 Å². The van der Waals surface area contributed by atoms with Crippen LogP contribution in [0.4, 0.5) is 5.13 Å². The number of amides is 2. The molecule has 0 fully saturated rings. The SMILES string of the molecule is O=C(NN=Cc1c(OC(=O)c2ccc(Cl)cc2Cl)ccc2ccccc12)C(=O)Nc1nnc(-c2ccccc2)s1. The smallest absolute Gasteiger partial charge is 0.345 e. The predicted octanol–water partition coefficient (Wildman–Crippen LogP) is 5.97. The molecule has 12 heteroatoms. The van der Waals surface area contributed by atoms with E-state index in [0.717, 1.165) is 22.3 Å². The molecule has 5 aromatic rings. The zero-order valence-electron chi connectivity index (χ0n) is 20.3. The first-order valence-electron chi connectivity index (χ1n) is 11.6. The third-order valence-electron chi connectivity index (χ3n) is 5.52. The molecule has 0 saturated carbocycles. The number of esters is 1. The van der Waals surface area contributed by atoms with Crippen molar-refractivity contribution in [1.82, 2.24) is 15.6 Å². The van der Waals surface area contributed by atoms with Crippen LogP contribution in [0.25, 0.3) is 21.3 Å².